The van der Waals surface area contributed by atoms with Crippen molar-refractivity contribution in [1.29, 1.82) is 0 Å². The van der Waals surface area contributed by atoms with E-state index in [0.29, 0.717) is 0 Å². The normalized spacial score (nSPS) is 25.2. The van der Waals surface area contributed by atoms with Crippen molar-refractivity contribution in [3.8, 4) is 0 Å². The number of rotatable bonds is 0. The molecule has 3 heteroatoms. The van der Waals surface area contributed by atoms with Crippen LogP contribution in [0, 0.1) is 0 Å². The van der Waals surface area contributed by atoms with E-state index in [4.69, 9.17) is 11.8 Å². The van der Waals surface area contributed by atoms with Crippen molar-refractivity contribution in [3.05, 3.63) is 11.1 Å². The highest BCUT2D eigenvalue weighted by Gasteiger charge is 2.22. The summed E-state index contributed by atoms with van der Waals surface area (Å²) in [6.45, 7) is 4.11. The van der Waals surface area contributed by atoms with Crippen molar-refractivity contribution in [3.63, 3.8) is 0 Å². The van der Waals surface area contributed by atoms with E-state index in [1.165, 1.54) is 11.1 Å². The highest BCUT2D eigenvalue weighted by atomic mass is 32.4. The van der Waals surface area contributed by atoms with E-state index in [9.17, 15) is 4.89 Å². The fourth-order valence-corrected chi connectivity index (χ4v) is 4.36. The van der Waals surface area contributed by atoms with Crippen molar-refractivity contribution < 1.29 is 4.89 Å². The summed E-state index contributed by atoms with van der Waals surface area (Å²) in [5, 5.41) is 0. The topological polar surface area (TPSA) is 20.2 Å². The van der Waals surface area contributed by atoms with Crippen LogP contribution in [-0.4, -0.2) is 17.2 Å². The lowest BCUT2D eigenvalue weighted by Gasteiger charge is -2.03. The van der Waals surface area contributed by atoms with Crippen LogP contribution in [0.15, 0.2) is 11.1 Å². The SMILES string of the molecule is CC1=C(C)CP(O)(=S)C1. The molecule has 0 spiro atoms. The average molecular weight is 162 g/mol. The van der Waals surface area contributed by atoms with Crippen LogP contribution in [0.1, 0.15) is 13.8 Å². The van der Waals surface area contributed by atoms with Crippen LogP contribution < -0.4 is 0 Å². The van der Waals surface area contributed by atoms with Gasteiger partial charge in [-0.05, 0) is 13.8 Å². The minimum absolute atomic E-state index is 0.786. The number of hydrogen-bond acceptors (Lipinski definition) is 1. The first kappa shape index (κ1) is 7.46. The summed E-state index contributed by atoms with van der Waals surface area (Å²) in [5.74, 6) is 0. The lowest BCUT2D eigenvalue weighted by atomic mass is 10.2. The Morgan fingerprint density at radius 2 is 1.67 bits per heavy atom. The van der Waals surface area contributed by atoms with Gasteiger partial charge in [-0.25, -0.2) is 0 Å². The van der Waals surface area contributed by atoms with Gasteiger partial charge in [-0.1, -0.05) is 23.0 Å². The van der Waals surface area contributed by atoms with Crippen LogP contribution in [0.5, 0.6) is 0 Å². The van der Waals surface area contributed by atoms with E-state index in [2.05, 4.69) is 13.8 Å². The Labute approximate surface area is 60.9 Å². The van der Waals surface area contributed by atoms with E-state index in [-0.39, 0.29) is 0 Å². The van der Waals surface area contributed by atoms with E-state index in [1.54, 1.807) is 0 Å². The third kappa shape index (κ3) is 1.64. The summed E-state index contributed by atoms with van der Waals surface area (Å²) in [4.78, 5) is 9.42. The Balaban J connectivity index is 2.82. The molecule has 0 bridgehead atoms. The highest BCUT2D eigenvalue weighted by molar-refractivity contribution is 8.12. The van der Waals surface area contributed by atoms with Gasteiger partial charge in [0, 0.05) is 12.3 Å². The van der Waals surface area contributed by atoms with Crippen molar-refractivity contribution in [2.45, 2.75) is 13.8 Å². The van der Waals surface area contributed by atoms with Crippen molar-refractivity contribution >= 4 is 18.1 Å². The molecule has 0 aliphatic carbocycles. The Bertz CT molecular complexity index is 189. The second-order valence-electron chi connectivity index (χ2n) is 2.72. The molecular formula is C6H11OPS. The van der Waals surface area contributed by atoms with Crippen LogP contribution >= 0.6 is 6.26 Å². The molecular weight excluding hydrogens is 151 g/mol. The maximum atomic E-state index is 9.42. The standard InChI is InChI=1S/C6H11OPS/c1-5-3-8(7,9)4-6(5)2/h3-4H2,1-2H3,(H,7,9). The fraction of sp³-hybridized carbons (Fsp3) is 0.667. The molecule has 0 fully saturated rings. The maximum Gasteiger partial charge on any atom is 0.0713 e. The van der Waals surface area contributed by atoms with Gasteiger partial charge >= 0.3 is 0 Å². The molecule has 1 N–H and O–H groups in total. The Hall–Kier alpha value is 0.350. The second kappa shape index (κ2) is 2.19. The molecule has 0 saturated heterocycles. The van der Waals surface area contributed by atoms with Gasteiger partial charge in [-0.15, -0.1) is 0 Å². The first-order chi connectivity index (χ1) is 4.01. The smallest absolute Gasteiger partial charge is 0.0713 e. The fourth-order valence-electron chi connectivity index (χ4n) is 1.07. The lowest BCUT2D eigenvalue weighted by molar-refractivity contribution is 0.628. The molecule has 0 aromatic heterocycles. The first-order valence-corrected chi connectivity index (χ1v) is 6.10. The van der Waals surface area contributed by atoms with Gasteiger partial charge in [0.05, 0.1) is 6.26 Å². The lowest BCUT2D eigenvalue weighted by Crippen LogP contribution is -1.81. The van der Waals surface area contributed by atoms with Crippen LogP contribution in [0.4, 0.5) is 0 Å². The molecule has 1 aliphatic heterocycles. The van der Waals surface area contributed by atoms with Crippen LogP contribution in [-0.2, 0) is 11.8 Å². The predicted molar refractivity (Wildman–Crippen MR) is 44.6 cm³/mol. The van der Waals surface area contributed by atoms with Gasteiger partial charge < -0.3 is 4.89 Å². The molecule has 52 valence electrons. The van der Waals surface area contributed by atoms with E-state index >= 15 is 0 Å². The summed E-state index contributed by atoms with van der Waals surface area (Å²) >= 11 is 4.99. The van der Waals surface area contributed by atoms with Crippen LogP contribution in [0.3, 0.4) is 0 Å². The quantitative estimate of drug-likeness (QED) is 0.432. The van der Waals surface area contributed by atoms with Gasteiger partial charge in [0.2, 0.25) is 0 Å². The van der Waals surface area contributed by atoms with Gasteiger partial charge in [-0.2, -0.15) is 0 Å². The molecule has 0 aromatic rings. The van der Waals surface area contributed by atoms with Crippen molar-refractivity contribution in [2.75, 3.05) is 12.3 Å². The summed E-state index contributed by atoms with van der Waals surface area (Å²) in [6.07, 6.45) is -0.324. The first-order valence-electron chi connectivity index (χ1n) is 2.97. The second-order valence-corrected chi connectivity index (χ2v) is 7.09. The van der Waals surface area contributed by atoms with Crippen LogP contribution in [0.2, 0.25) is 0 Å². The van der Waals surface area contributed by atoms with Gasteiger partial charge in [0.15, 0.2) is 0 Å². The molecule has 0 saturated carbocycles. The summed E-state index contributed by atoms with van der Waals surface area (Å²) in [5.41, 5.74) is 2.61. The van der Waals surface area contributed by atoms with Crippen LogP contribution in [0.25, 0.3) is 0 Å². The molecule has 0 atom stereocenters. The molecule has 0 amide bonds. The molecule has 1 heterocycles. The number of allylic oxidation sites excluding steroid dienone is 2. The Morgan fingerprint density at radius 3 is 1.78 bits per heavy atom. The van der Waals surface area contributed by atoms with Gasteiger partial charge in [-0.3, -0.25) is 0 Å². The Morgan fingerprint density at radius 1 is 1.33 bits per heavy atom. The molecule has 1 aliphatic rings. The van der Waals surface area contributed by atoms with E-state index in [0.717, 1.165) is 12.3 Å². The summed E-state index contributed by atoms with van der Waals surface area (Å²) < 4.78 is 0. The zero-order valence-corrected chi connectivity index (χ0v) is 7.43. The third-order valence-electron chi connectivity index (χ3n) is 1.70. The molecule has 0 radical (unpaired) electrons. The zero-order valence-electron chi connectivity index (χ0n) is 5.72. The molecule has 1 nitrogen and oxygen atoms in total. The van der Waals surface area contributed by atoms with Gasteiger partial charge in [0.1, 0.15) is 0 Å². The van der Waals surface area contributed by atoms with Crippen molar-refractivity contribution in [2.24, 2.45) is 0 Å². The molecule has 9 heavy (non-hydrogen) atoms. The summed E-state index contributed by atoms with van der Waals surface area (Å²) in [6, 6.07) is 0. The molecule has 0 aromatic carbocycles. The zero-order chi connectivity index (χ0) is 7.07. The average Bonchev–Trinajstić information content (AvgIpc) is 1.79. The largest absolute Gasteiger partial charge is 0.365 e. The maximum absolute atomic E-state index is 9.42. The minimum Gasteiger partial charge on any atom is -0.365 e. The highest BCUT2D eigenvalue weighted by Crippen LogP contribution is 2.50. The third-order valence-corrected chi connectivity index (χ3v) is 4.41. The van der Waals surface area contributed by atoms with E-state index < -0.39 is 6.26 Å². The Kier molecular flexibility index (Phi) is 1.81. The minimum atomic E-state index is -1.90. The van der Waals surface area contributed by atoms with E-state index in [1.807, 2.05) is 0 Å². The number of hydrogen-bond donors (Lipinski definition) is 1. The monoisotopic (exact) mass is 162 g/mol. The summed E-state index contributed by atoms with van der Waals surface area (Å²) in [7, 11) is 0. The molecule has 0 unspecified atom stereocenters. The molecule has 1 rings (SSSR count). The van der Waals surface area contributed by atoms with Gasteiger partial charge in [0.25, 0.3) is 0 Å². The predicted octanol–water partition coefficient (Wildman–Crippen LogP) is 1.72. The van der Waals surface area contributed by atoms with Crippen molar-refractivity contribution in [1.82, 2.24) is 0 Å².